The first-order chi connectivity index (χ1) is 11.0. The molecule has 0 heterocycles. The Bertz CT molecular complexity index is 647. The molecule has 0 aliphatic carbocycles. The van der Waals surface area contributed by atoms with Gasteiger partial charge in [0.15, 0.2) is 0 Å². The van der Waals surface area contributed by atoms with Crippen LogP contribution in [-0.2, 0) is 17.9 Å². The minimum Gasteiger partial charge on any atom is -0.489 e. The number of carbonyl (C=O) groups excluding carboxylic acids is 1. The molecule has 0 bridgehead atoms. The van der Waals surface area contributed by atoms with Crippen LogP contribution in [0, 0.1) is 5.82 Å². The highest BCUT2D eigenvalue weighted by Gasteiger charge is 2.07. The van der Waals surface area contributed by atoms with Gasteiger partial charge in [-0.15, -0.1) is 0 Å². The summed E-state index contributed by atoms with van der Waals surface area (Å²) in [7, 11) is 0. The lowest BCUT2D eigenvalue weighted by Crippen LogP contribution is -2.32. The Morgan fingerprint density at radius 3 is 2.57 bits per heavy atom. The van der Waals surface area contributed by atoms with Crippen molar-refractivity contribution in [3.8, 4) is 5.75 Å². The molecule has 0 aliphatic rings. The molecule has 4 N–H and O–H groups in total. The van der Waals surface area contributed by atoms with E-state index < -0.39 is 12.1 Å². The van der Waals surface area contributed by atoms with Gasteiger partial charge in [0.2, 0.25) is 5.91 Å². The Kier molecular flexibility index (Phi) is 6.08. The zero-order chi connectivity index (χ0) is 16.7. The Morgan fingerprint density at radius 2 is 1.91 bits per heavy atom. The number of aliphatic hydroxyl groups excluding tert-OH is 1. The number of aliphatic hydroxyl groups is 1. The van der Waals surface area contributed by atoms with Crippen molar-refractivity contribution in [1.29, 1.82) is 0 Å². The summed E-state index contributed by atoms with van der Waals surface area (Å²) in [4.78, 5) is 10.7. The molecule has 2 rings (SSSR count). The molecule has 0 spiro atoms. The summed E-state index contributed by atoms with van der Waals surface area (Å²) in [5.41, 5.74) is 6.39. The first-order valence-electron chi connectivity index (χ1n) is 7.19. The first kappa shape index (κ1) is 16.9. The summed E-state index contributed by atoms with van der Waals surface area (Å²) in [5, 5.41) is 12.3. The van der Waals surface area contributed by atoms with Crippen LogP contribution in [-0.4, -0.2) is 17.2 Å². The predicted molar refractivity (Wildman–Crippen MR) is 83.8 cm³/mol. The van der Waals surface area contributed by atoms with Crippen LogP contribution in [0.5, 0.6) is 5.75 Å². The van der Waals surface area contributed by atoms with Crippen LogP contribution in [0.15, 0.2) is 48.5 Å². The first-order valence-corrected chi connectivity index (χ1v) is 7.19. The second-order valence-corrected chi connectivity index (χ2v) is 5.09. The van der Waals surface area contributed by atoms with Gasteiger partial charge in [-0.25, -0.2) is 4.39 Å². The molecule has 5 nitrogen and oxygen atoms in total. The van der Waals surface area contributed by atoms with Gasteiger partial charge in [-0.05, 0) is 23.8 Å². The topological polar surface area (TPSA) is 84.6 Å². The maximum absolute atomic E-state index is 13.5. The van der Waals surface area contributed by atoms with Crippen molar-refractivity contribution in [2.75, 3.05) is 0 Å². The average Bonchev–Trinajstić information content (AvgIpc) is 2.52. The third-order valence-corrected chi connectivity index (χ3v) is 3.21. The molecule has 0 fully saturated rings. The zero-order valence-electron chi connectivity index (χ0n) is 12.5. The Morgan fingerprint density at radius 1 is 1.22 bits per heavy atom. The number of amides is 1. The van der Waals surface area contributed by atoms with Crippen molar-refractivity contribution in [1.82, 2.24) is 5.32 Å². The zero-order valence-corrected chi connectivity index (χ0v) is 12.5. The Balaban J connectivity index is 1.82. The van der Waals surface area contributed by atoms with E-state index in [1.165, 1.54) is 6.07 Å². The van der Waals surface area contributed by atoms with Gasteiger partial charge in [0.25, 0.3) is 0 Å². The number of hydrogen-bond donors (Lipinski definition) is 3. The van der Waals surface area contributed by atoms with Crippen LogP contribution >= 0.6 is 0 Å². The summed E-state index contributed by atoms with van der Waals surface area (Å²) in [6.07, 6.45) is -1.10. The van der Waals surface area contributed by atoms with E-state index in [4.69, 9.17) is 10.5 Å². The highest BCUT2D eigenvalue weighted by atomic mass is 19.1. The van der Waals surface area contributed by atoms with Crippen LogP contribution in [0.3, 0.4) is 0 Å². The minimum absolute atomic E-state index is 0.135. The molecule has 1 unspecified atom stereocenters. The van der Waals surface area contributed by atoms with Crippen LogP contribution < -0.4 is 15.8 Å². The summed E-state index contributed by atoms with van der Waals surface area (Å²) in [6.45, 7) is 0.545. The molecule has 6 heteroatoms. The number of primary amides is 1. The molecule has 0 aliphatic heterocycles. The van der Waals surface area contributed by atoms with Crippen LogP contribution in [0.2, 0.25) is 0 Å². The molecule has 0 saturated heterocycles. The molecule has 1 amide bonds. The van der Waals surface area contributed by atoms with Crippen molar-refractivity contribution >= 4 is 5.91 Å². The van der Waals surface area contributed by atoms with Gasteiger partial charge in [0.05, 0.1) is 6.42 Å². The van der Waals surface area contributed by atoms with E-state index >= 15 is 0 Å². The molecule has 0 saturated carbocycles. The largest absolute Gasteiger partial charge is 0.489 e. The van der Waals surface area contributed by atoms with E-state index in [-0.39, 0.29) is 18.8 Å². The fourth-order valence-corrected chi connectivity index (χ4v) is 1.98. The summed E-state index contributed by atoms with van der Waals surface area (Å²) < 4.78 is 19.0. The minimum atomic E-state index is -0.968. The fraction of sp³-hybridized carbons (Fsp3) is 0.235. The number of carbonyl (C=O) groups is 1. The molecular formula is C17H19FN2O3. The van der Waals surface area contributed by atoms with Crippen LogP contribution in [0.25, 0.3) is 0 Å². The van der Waals surface area contributed by atoms with Gasteiger partial charge in [-0.2, -0.15) is 0 Å². The van der Waals surface area contributed by atoms with Crippen LogP contribution in [0.1, 0.15) is 17.5 Å². The van der Waals surface area contributed by atoms with E-state index in [1.807, 2.05) is 12.1 Å². The van der Waals surface area contributed by atoms with E-state index in [1.54, 1.807) is 30.3 Å². The smallest absolute Gasteiger partial charge is 0.221 e. The molecule has 122 valence electrons. The number of benzene rings is 2. The molecule has 2 aromatic carbocycles. The van der Waals surface area contributed by atoms with Crippen molar-refractivity contribution in [2.24, 2.45) is 5.73 Å². The standard InChI is InChI=1S/C17H19FN2O3/c18-15-4-2-1-3-13(15)11-23-14-7-5-12(6-8-14)10-20-17(22)9-16(19)21/h1-8,17,20,22H,9-11H2,(H2,19,21). The predicted octanol–water partition coefficient (Wildman–Crippen LogP) is 1.69. The van der Waals surface area contributed by atoms with Gasteiger partial charge >= 0.3 is 0 Å². The number of nitrogens with one attached hydrogen (secondary N) is 1. The second kappa shape index (κ2) is 8.26. The lowest BCUT2D eigenvalue weighted by atomic mass is 10.2. The molecule has 1 atom stereocenters. The molecule has 2 aromatic rings. The average molecular weight is 318 g/mol. The van der Waals surface area contributed by atoms with E-state index in [0.29, 0.717) is 17.9 Å². The summed E-state index contributed by atoms with van der Waals surface area (Å²) in [6, 6.07) is 13.6. The second-order valence-electron chi connectivity index (χ2n) is 5.09. The summed E-state index contributed by atoms with van der Waals surface area (Å²) in [5.74, 6) is -0.242. The Labute approximate surface area is 133 Å². The Hall–Kier alpha value is -2.44. The number of ether oxygens (including phenoxy) is 1. The lowest BCUT2D eigenvalue weighted by Gasteiger charge is -2.11. The number of rotatable bonds is 8. The normalized spacial score (nSPS) is 11.9. The number of halogens is 1. The van der Waals surface area contributed by atoms with E-state index in [2.05, 4.69) is 5.32 Å². The third-order valence-electron chi connectivity index (χ3n) is 3.21. The maximum atomic E-state index is 13.5. The van der Waals surface area contributed by atoms with Crippen molar-refractivity contribution in [3.63, 3.8) is 0 Å². The highest BCUT2D eigenvalue weighted by Crippen LogP contribution is 2.15. The van der Waals surface area contributed by atoms with Gasteiger partial charge in [0, 0.05) is 12.1 Å². The molecule has 23 heavy (non-hydrogen) atoms. The van der Waals surface area contributed by atoms with Gasteiger partial charge in [-0.1, -0.05) is 30.3 Å². The summed E-state index contributed by atoms with van der Waals surface area (Å²) >= 11 is 0. The van der Waals surface area contributed by atoms with Gasteiger partial charge in [0.1, 0.15) is 24.4 Å². The SMILES string of the molecule is NC(=O)CC(O)NCc1ccc(OCc2ccccc2F)cc1. The van der Waals surface area contributed by atoms with Gasteiger partial charge < -0.3 is 15.6 Å². The van der Waals surface area contributed by atoms with Gasteiger partial charge in [-0.3, -0.25) is 10.1 Å². The highest BCUT2D eigenvalue weighted by molar-refractivity contribution is 5.74. The molecular weight excluding hydrogens is 299 g/mol. The maximum Gasteiger partial charge on any atom is 0.221 e. The third kappa shape index (κ3) is 5.69. The number of nitrogens with two attached hydrogens (primary N) is 1. The quantitative estimate of drug-likeness (QED) is 0.647. The lowest BCUT2D eigenvalue weighted by molar-refractivity contribution is -0.120. The monoisotopic (exact) mass is 318 g/mol. The van der Waals surface area contributed by atoms with E-state index in [9.17, 15) is 14.3 Å². The fourth-order valence-electron chi connectivity index (χ4n) is 1.98. The van der Waals surface area contributed by atoms with Crippen molar-refractivity contribution in [2.45, 2.75) is 25.8 Å². The van der Waals surface area contributed by atoms with Crippen molar-refractivity contribution < 1.29 is 19.0 Å². The number of hydrogen-bond acceptors (Lipinski definition) is 4. The molecule has 0 aromatic heterocycles. The van der Waals surface area contributed by atoms with Crippen molar-refractivity contribution in [3.05, 3.63) is 65.5 Å². The van der Waals surface area contributed by atoms with Crippen LogP contribution in [0.4, 0.5) is 4.39 Å². The van der Waals surface area contributed by atoms with E-state index in [0.717, 1.165) is 5.56 Å². The molecule has 0 radical (unpaired) electrons.